The molecule has 0 radical (unpaired) electrons. The number of ether oxygens (including phenoxy) is 1. The summed E-state index contributed by atoms with van der Waals surface area (Å²) in [5.74, 6) is -0.793. The summed E-state index contributed by atoms with van der Waals surface area (Å²) >= 11 is 0. The quantitative estimate of drug-likeness (QED) is 0.212. The maximum atomic E-state index is 13.1. The van der Waals surface area contributed by atoms with E-state index in [4.69, 9.17) is 9.15 Å². The molecule has 3 N–H and O–H groups in total. The number of anilines is 1. The molecule has 13 heteroatoms. The van der Waals surface area contributed by atoms with Gasteiger partial charge < -0.3 is 14.5 Å². The Morgan fingerprint density at radius 3 is 2.24 bits per heavy atom. The van der Waals surface area contributed by atoms with Gasteiger partial charge in [-0.25, -0.2) is 8.42 Å². The van der Waals surface area contributed by atoms with Gasteiger partial charge in [0.1, 0.15) is 11.6 Å². The fourth-order valence-corrected chi connectivity index (χ4v) is 5.89. The van der Waals surface area contributed by atoms with E-state index in [1.54, 1.807) is 57.2 Å². The number of carbonyl (C=O) groups excluding carboxylic acids is 2. The molecule has 0 aliphatic rings. The van der Waals surface area contributed by atoms with Crippen molar-refractivity contribution >= 4 is 38.6 Å². The molecule has 0 saturated carbocycles. The van der Waals surface area contributed by atoms with Crippen molar-refractivity contribution in [2.45, 2.75) is 31.7 Å². The SMILES string of the molecule is COC(=O)[C@@H](NS(=O)(=O)c1ccc(-c2ccc(NC(=O)c3oc4cccc(-c5nn[nH]n5)c4c3C)cc2)cc1)C(C)C. The Kier molecular flexibility index (Phi) is 7.87. The second-order valence-corrected chi connectivity index (χ2v) is 11.6. The minimum atomic E-state index is -3.95. The molecule has 3 aromatic carbocycles. The van der Waals surface area contributed by atoms with Crippen LogP contribution in [0.5, 0.6) is 0 Å². The number of hydrogen-bond donors (Lipinski definition) is 3. The first kappa shape index (κ1) is 28.6. The highest BCUT2D eigenvalue weighted by Crippen LogP contribution is 2.33. The Labute approximate surface area is 241 Å². The number of nitrogens with zero attached hydrogens (tertiary/aromatic N) is 3. The van der Waals surface area contributed by atoms with Gasteiger partial charge >= 0.3 is 5.97 Å². The van der Waals surface area contributed by atoms with E-state index in [0.29, 0.717) is 28.2 Å². The molecular formula is C29H28N6O6S. The zero-order valence-electron chi connectivity index (χ0n) is 23.2. The summed E-state index contributed by atoms with van der Waals surface area (Å²) in [7, 11) is -2.74. The summed E-state index contributed by atoms with van der Waals surface area (Å²) in [4.78, 5) is 25.1. The van der Waals surface area contributed by atoms with Gasteiger partial charge in [-0.2, -0.15) is 9.94 Å². The normalized spacial score (nSPS) is 12.4. The standard InChI is InChI=1S/C29H28N6O6S/c1-16(2)25(29(37)40-4)33-42(38,39)21-14-10-19(11-15-21)18-8-12-20(13-9-18)30-28(36)26-17(3)24-22(27-31-34-35-32-27)6-5-7-23(24)41-26/h5-16,25,33H,1-4H3,(H,30,36)(H,31,32,34,35)/t25-/m0/s1. The molecule has 2 heterocycles. The summed E-state index contributed by atoms with van der Waals surface area (Å²) in [6.07, 6.45) is 0. The van der Waals surface area contributed by atoms with Crippen molar-refractivity contribution in [1.29, 1.82) is 0 Å². The Bertz CT molecular complexity index is 1850. The number of nitrogens with one attached hydrogen (secondary N) is 3. The molecule has 0 bridgehead atoms. The molecule has 2 aromatic heterocycles. The highest BCUT2D eigenvalue weighted by Gasteiger charge is 2.29. The number of aromatic amines is 1. The fraction of sp³-hybridized carbons (Fsp3) is 0.207. The van der Waals surface area contributed by atoms with Crippen molar-refractivity contribution in [2.24, 2.45) is 5.92 Å². The van der Waals surface area contributed by atoms with Gasteiger partial charge in [0.15, 0.2) is 5.76 Å². The zero-order chi connectivity index (χ0) is 30.0. The van der Waals surface area contributed by atoms with Gasteiger partial charge in [0.2, 0.25) is 15.8 Å². The van der Waals surface area contributed by atoms with Crippen LogP contribution in [0.15, 0.2) is 76.0 Å². The predicted molar refractivity (Wildman–Crippen MR) is 155 cm³/mol. The van der Waals surface area contributed by atoms with Crippen LogP contribution in [0, 0.1) is 12.8 Å². The lowest BCUT2D eigenvalue weighted by Gasteiger charge is -2.19. The van der Waals surface area contributed by atoms with Gasteiger partial charge in [-0.05, 0) is 59.5 Å². The summed E-state index contributed by atoms with van der Waals surface area (Å²) in [5.41, 5.74) is 4.00. The Morgan fingerprint density at radius 2 is 1.64 bits per heavy atom. The van der Waals surface area contributed by atoms with Crippen LogP contribution in [0.1, 0.15) is 30.0 Å². The molecule has 0 fully saturated rings. The summed E-state index contributed by atoms with van der Waals surface area (Å²) < 4.78 is 38.7. The number of rotatable bonds is 9. The van der Waals surface area contributed by atoms with Crippen LogP contribution < -0.4 is 10.0 Å². The number of aryl methyl sites for hydroxylation is 1. The molecule has 1 atom stereocenters. The summed E-state index contributed by atoms with van der Waals surface area (Å²) in [5, 5.41) is 17.7. The maximum Gasteiger partial charge on any atom is 0.324 e. The minimum Gasteiger partial charge on any atom is -0.468 e. The Balaban J connectivity index is 1.30. The fourth-order valence-electron chi connectivity index (χ4n) is 4.56. The molecule has 0 aliphatic heterocycles. The molecule has 0 unspecified atom stereocenters. The molecule has 0 saturated heterocycles. The second-order valence-electron chi connectivity index (χ2n) is 9.89. The van der Waals surface area contributed by atoms with Gasteiger partial charge in [0, 0.05) is 22.2 Å². The van der Waals surface area contributed by atoms with Crippen LogP contribution in [-0.2, 0) is 19.6 Å². The number of H-pyrrole nitrogens is 1. The number of methoxy groups -OCH3 is 1. The predicted octanol–water partition coefficient (Wildman–Crippen LogP) is 4.32. The van der Waals surface area contributed by atoms with Crippen LogP contribution in [0.4, 0.5) is 5.69 Å². The van der Waals surface area contributed by atoms with Crippen LogP contribution >= 0.6 is 0 Å². The third kappa shape index (κ3) is 5.64. The van der Waals surface area contributed by atoms with Crippen LogP contribution in [0.3, 0.4) is 0 Å². The van der Waals surface area contributed by atoms with Crippen LogP contribution in [-0.4, -0.2) is 54.1 Å². The molecular weight excluding hydrogens is 560 g/mol. The molecule has 42 heavy (non-hydrogen) atoms. The lowest BCUT2D eigenvalue weighted by Crippen LogP contribution is -2.44. The number of sulfonamides is 1. The number of fused-ring (bicyclic) bond motifs is 1. The van der Waals surface area contributed by atoms with Gasteiger partial charge in [0.05, 0.1) is 12.0 Å². The Hall–Kier alpha value is -4.88. The lowest BCUT2D eigenvalue weighted by atomic mass is 10.0. The molecule has 216 valence electrons. The third-order valence-corrected chi connectivity index (χ3v) is 8.25. The number of tetrazole rings is 1. The summed E-state index contributed by atoms with van der Waals surface area (Å²) in [6.45, 7) is 5.25. The van der Waals surface area contributed by atoms with Crippen molar-refractivity contribution in [3.63, 3.8) is 0 Å². The number of amides is 1. The van der Waals surface area contributed by atoms with Gasteiger partial charge in [0.25, 0.3) is 5.91 Å². The topological polar surface area (TPSA) is 169 Å². The smallest absolute Gasteiger partial charge is 0.324 e. The van der Waals surface area contributed by atoms with Gasteiger partial charge in [-0.3, -0.25) is 9.59 Å². The number of hydrogen-bond acceptors (Lipinski definition) is 9. The van der Waals surface area contributed by atoms with Crippen molar-refractivity contribution < 1.29 is 27.2 Å². The van der Waals surface area contributed by atoms with Crippen molar-refractivity contribution in [3.05, 3.63) is 78.1 Å². The largest absolute Gasteiger partial charge is 0.468 e. The third-order valence-electron chi connectivity index (χ3n) is 6.79. The average molecular weight is 589 g/mol. The van der Waals surface area contributed by atoms with E-state index >= 15 is 0 Å². The van der Waals surface area contributed by atoms with Crippen LogP contribution in [0.25, 0.3) is 33.5 Å². The number of aromatic nitrogens is 4. The van der Waals surface area contributed by atoms with Crippen LogP contribution in [0.2, 0.25) is 0 Å². The van der Waals surface area contributed by atoms with Gasteiger partial charge in [-0.1, -0.05) is 50.2 Å². The van der Waals surface area contributed by atoms with E-state index in [9.17, 15) is 18.0 Å². The molecule has 1 amide bonds. The first-order valence-electron chi connectivity index (χ1n) is 13.0. The number of esters is 1. The Morgan fingerprint density at radius 1 is 0.976 bits per heavy atom. The highest BCUT2D eigenvalue weighted by atomic mass is 32.2. The van der Waals surface area contributed by atoms with Crippen molar-refractivity contribution in [3.8, 4) is 22.5 Å². The number of furan rings is 1. The molecule has 0 spiro atoms. The molecule has 0 aliphatic carbocycles. The first-order chi connectivity index (χ1) is 20.1. The average Bonchev–Trinajstić information content (AvgIpc) is 3.64. The summed E-state index contributed by atoms with van der Waals surface area (Å²) in [6, 6.07) is 17.8. The number of carbonyl (C=O) groups is 2. The van der Waals surface area contributed by atoms with E-state index in [1.165, 1.54) is 19.2 Å². The van der Waals surface area contributed by atoms with E-state index in [-0.39, 0.29) is 16.6 Å². The van der Waals surface area contributed by atoms with E-state index in [1.807, 2.05) is 18.2 Å². The van der Waals surface area contributed by atoms with Gasteiger partial charge in [-0.15, -0.1) is 10.2 Å². The second kappa shape index (κ2) is 11.5. The van der Waals surface area contributed by atoms with Crippen molar-refractivity contribution in [1.82, 2.24) is 25.3 Å². The first-order valence-corrected chi connectivity index (χ1v) is 14.5. The lowest BCUT2D eigenvalue weighted by molar-refractivity contribution is -0.143. The zero-order valence-corrected chi connectivity index (χ0v) is 24.0. The minimum absolute atomic E-state index is 0.0216. The molecule has 5 rings (SSSR count). The number of benzene rings is 3. The molecule has 12 nitrogen and oxygen atoms in total. The van der Waals surface area contributed by atoms with E-state index in [0.717, 1.165) is 16.5 Å². The van der Waals surface area contributed by atoms with E-state index < -0.39 is 27.9 Å². The van der Waals surface area contributed by atoms with Crippen molar-refractivity contribution in [2.75, 3.05) is 12.4 Å². The molecule has 5 aromatic rings. The van der Waals surface area contributed by atoms with E-state index in [2.05, 4.69) is 30.7 Å². The monoisotopic (exact) mass is 588 g/mol. The highest BCUT2D eigenvalue weighted by molar-refractivity contribution is 7.89. The maximum absolute atomic E-state index is 13.1.